The van der Waals surface area contributed by atoms with Crippen LogP contribution < -0.4 is 10.6 Å². The van der Waals surface area contributed by atoms with E-state index in [2.05, 4.69) is 6.07 Å². The highest BCUT2D eigenvalue weighted by atomic mass is 19.4. The second-order valence-corrected chi connectivity index (χ2v) is 9.63. The molecule has 188 valence electrons. The Bertz CT molecular complexity index is 1080. The minimum atomic E-state index is -5.02. The van der Waals surface area contributed by atoms with Crippen molar-refractivity contribution in [1.82, 2.24) is 9.80 Å². The molecule has 3 heterocycles. The highest BCUT2D eigenvalue weighted by molar-refractivity contribution is 6.01. The van der Waals surface area contributed by atoms with Gasteiger partial charge in [-0.1, -0.05) is 0 Å². The monoisotopic (exact) mass is 501 g/mol. The summed E-state index contributed by atoms with van der Waals surface area (Å²) in [6.45, 7) is 0.157. The quantitative estimate of drug-likeness (QED) is 0.640. The summed E-state index contributed by atoms with van der Waals surface area (Å²) in [6, 6.07) is 0.252. The van der Waals surface area contributed by atoms with Gasteiger partial charge in [-0.05, 0) is 43.4 Å². The van der Waals surface area contributed by atoms with Crippen molar-refractivity contribution in [2.75, 3.05) is 18.0 Å². The number of carbonyl (C=O) groups excluding carboxylic acids is 2. The molecule has 4 aliphatic rings. The van der Waals surface area contributed by atoms with E-state index in [1.54, 1.807) is 4.90 Å². The van der Waals surface area contributed by atoms with E-state index in [1.807, 2.05) is 0 Å². The number of nitriles is 1. The van der Waals surface area contributed by atoms with E-state index >= 15 is 0 Å². The van der Waals surface area contributed by atoms with Crippen LogP contribution in [0.5, 0.6) is 0 Å². The summed E-state index contributed by atoms with van der Waals surface area (Å²) < 4.78 is 79.5. The van der Waals surface area contributed by atoms with Crippen LogP contribution in [0.1, 0.15) is 30.4 Å². The van der Waals surface area contributed by atoms with E-state index in [9.17, 15) is 41.2 Å². The van der Waals surface area contributed by atoms with E-state index in [0.717, 1.165) is 11.3 Å². The van der Waals surface area contributed by atoms with E-state index < -0.39 is 59.2 Å². The number of likely N-dealkylation sites (tertiary alicyclic amines) is 2. The zero-order valence-corrected chi connectivity index (χ0v) is 18.2. The third-order valence-electron chi connectivity index (χ3n) is 7.38. The highest BCUT2D eigenvalue weighted by Crippen LogP contribution is 2.48. The molecule has 0 radical (unpaired) electrons. The van der Waals surface area contributed by atoms with E-state index in [4.69, 9.17) is 5.73 Å². The number of piperidine rings is 1. The number of anilines is 1. The number of carbonyl (C=O) groups is 2. The van der Waals surface area contributed by atoms with Crippen LogP contribution in [0.15, 0.2) is 18.2 Å². The summed E-state index contributed by atoms with van der Waals surface area (Å²) >= 11 is 0. The average molecular weight is 501 g/mol. The number of rotatable bonds is 4. The molecule has 1 saturated carbocycles. The molecule has 2 bridgehead atoms. The number of benzene rings is 1. The van der Waals surface area contributed by atoms with Crippen LogP contribution in [0.2, 0.25) is 0 Å². The molecule has 0 spiro atoms. The summed E-state index contributed by atoms with van der Waals surface area (Å²) in [5.41, 5.74) is 2.68. The third-order valence-corrected chi connectivity index (χ3v) is 7.38. The smallest absolute Gasteiger partial charge is 0.322 e. The molecular formula is C22H21F6N5O2. The number of amides is 2. The van der Waals surface area contributed by atoms with Crippen molar-refractivity contribution in [3.05, 3.63) is 29.3 Å². The molecule has 1 aromatic rings. The molecule has 7 nitrogen and oxygen atoms in total. The van der Waals surface area contributed by atoms with Crippen molar-refractivity contribution in [3.63, 3.8) is 0 Å². The van der Waals surface area contributed by atoms with Crippen molar-refractivity contribution in [3.8, 4) is 6.07 Å². The molecule has 2 amide bonds. The molecule has 1 aliphatic carbocycles. The van der Waals surface area contributed by atoms with E-state index in [-0.39, 0.29) is 37.5 Å². The highest BCUT2D eigenvalue weighted by Gasteiger charge is 2.56. The maximum atomic E-state index is 13.3. The second-order valence-electron chi connectivity index (χ2n) is 9.63. The summed E-state index contributed by atoms with van der Waals surface area (Å²) in [7, 11) is 0. The van der Waals surface area contributed by atoms with Gasteiger partial charge in [0.05, 0.1) is 35.3 Å². The number of halogens is 6. The lowest BCUT2D eigenvalue weighted by molar-refractivity contribution is -0.143. The predicted octanol–water partition coefficient (Wildman–Crippen LogP) is 2.35. The Morgan fingerprint density at radius 3 is 2.26 bits per heavy atom. The van der Waals surface area contributed by atoms with Crippen molar-refractivity contribution in [2.45, 2.75) is 61.8 Å². The van der Waals surface area contributed by atoms with Crippen LogP contribution in [-0.4, -0.2) is 64.9 Å². The van der Waals surface area contributed by atoms with Gasteiger partial charge in [0.2, 0.25) is 11.8 Å². The second kappa shape index (κ2) is 7.83. The van der Waals surface area contributed by atoms with Gasteiger partial charge < -0.3 is 15.5 Å². The van der Waals surface area contributed by atoms with Crippen LogP contribution in [0.4, 0.5) is 32.0 Å². The Morgan fingerprint density at radius 2 is 1.71 bits per heavy atom. The first kappa shape index (κ1) is 23.9. The standard InChI is InChI=1S/C22H21F6N5O2/c23-21(24,25)11-3-12(22(26,27)28)5-13(4-11)32-15-6-18(20(32)35)31(8-15)9-16(30)19(34)33-14(7-29)1-10-2-17(10)33/h3-5,10,14-18H,1-2,6,8-9,30H2/t10-,14+,15+,16+,17?,18+/m1/s1. The van der Waals surface area contributed by atoms with Gasteiger partial charge in [-0.2, -0.15) is 31.6 Å². The first-order valence-electron chi connectivity index (χ1n) is 11.1. The minimum Gasteiger partial charge on any atom is -0.322 e. The number of hydrogen-bond donors (Lipinski definition) is 1. The summed E-state index contributed by atoms with van der Waals surface area (Å²) in [5.74, 6) is -0.712. The predicted molar refractivity (Wildman–Crippen MR) is 108 cm³/mol. The lowest BCUT2D eigenvalue weighted by atomic mass is 10.1. The molecule has 3 aliphatic heterocycles. The van der Waals surface area contributed by atoms with Gasteiger partial charge in [0.1, 0.15) is 6.04 Å². The van der Waals surface area contributed by atoms with Crippen LogP contribution in [0.3, 0.4) is 0 Å². The lowest BCUT2D eigenvalue weighted by Gasteiger charge is -2.36. The van der Waals surface area contributed by atoms with Gasteiger partial charge in [-0.15, -0.1) is 0 Å². The number of alkyl halides is 6. The fourth-order valence-corrected chi connectivity index (χ4v) is 5.69. The summed E-state index contributed by atoms with van der Waals surface area (Å²) in [5, 5.41) is 9.30. The van der Waals surface area contributed by atoms with Crippen molar-refractivity contribution < 1.29 is 35.9 Å². The number of nitrogens with zero attached hydrogens (tertiary/aromatic N) is 4. The van der Waals surface area contributed by atoms with Gasteiger partial charge in [0, 0.05) is 24.8 Å². The largest absolute Gasteiger partial charge is 0.416 e. The average Bonchev–Trinajstić information content (AvgIpc) is 3.10. The van der Waals surface area contributed by atoms with Crippen LogP contribution in [0, 0.1) is 17.2 Å². The third kappa shape index (κ3) is 4.02. The van der Waals surface area contributed by atoms with E-state index in [0.29, 0.717) is 24.5 Å². The first-order chi connectivity index (χ1) is 16.3. The molecule has 2 N–H and O–H groups in total. The summed E-state index contributed by atoms with van der Waals surface area (Å²) in [6.07, 6.45) is -8.40. The molecule has 4 fully saturated rings. The topological polar surface area (TPSA) is 93.7 Å². The van der Waals surface area contributed by atoms with Crippen molar-refractivity contribution >= 4 is 17.5 Å². The molecule has 3 saturated heterocycles. The van der Waals surface area contributed by atoms with Gasteiger partial charge >= 0.3 is 12.4 Å². The maximum absolute atomic E-state index is 13.3. The van der Waals surface area contributed by atoms with Crippen LogP contribution in [-0.2, 0) is 21.9 Å². The number of fused-ring (bicyclic) bond motifs is 3. The van der Waals surface area contributed by atoms with Crippen molar-refractivity contribution in [1.29, 1.82) is 5.26 Å². The Labute approximate surface area is 196 Å². The van der Waals surface area contributed by atoms with Gasteiger partial charge in [0.25, 0.3) is 0 Å². The Kier molecular flexibility index (Phi) is 5.34. The number of piperazine rings is 1. The Balaban J connectivity index is 1.32. The Morgan fingerprint density at radius 1 is 1.09 bits per heavy atom. The molecule has 1 aromatic carbocycles. The van der Waals surface area contributed by atoms with Crippen molar-refractivity contribution in [2.24, 2.45) is 11.7 Å². The molecule has 1 unspecified atom stereocenters. The van der Waals surface area contributed by atoms with Crippen LogP contribution >= 0.6 is 0 Å². The van der Waals surface area contributed by atoms with E-state index in [1.165, 1.54) is 4.90 Å². The fraction of sp³-hybridized carbons (Fsp3) is 0.591. The van der Waals surface area contributed by atoms with Gasteiger partial charge in [0.15, 0.2) is 0 Å². The Hall–Kier alpha value is -2.85. The summed E-state index contributed by atoms with van der Waals surface area (Å²) in [4.78, 5) is 30.0. The molecular weight excluding hydrogens is 480 g/mol. The zero-order valence-electron chi connectivity index (χ0n) is 18.2. The molecule has 0 aromatic heterocycles. The molecule has 5 rings (SSSR count). The van der Waals surface area contributed by atoms with Gasteiger partial charge in [-0.3, -0.25) is 14.5 Å². The maximum Gasteiger partial charge on any atom is 0.416 e. The molecule has 35 heavy (non-hydrogen) atoms. The molecule has 6 atom stereocenters. The normalized spacial score (nSPS) is 31.0. The number of nitrogens with two attached hydrogens (primary N) is 1. The fourth-order valence-electron chi connectivity index (χ4n) is 5.69. The van der Waals surface area contributed by atoms with Crippen LogP contribution in [0.25, 0.3) is 0 Å². The lowest BCUT2D eigenvalue weighted by Crippen LogP contribution is -2.57. The minimum absolute atomic E-state index is 0.00199. The molecule has 13 heteroatoms. The first-order valence-corrected chi connectivity index (χ1v) is 11.1. The zero-order chi connectivity index (χ0) is 25.4. The van der Waals surface area contributed by atoms with Gasteiger partial charge in [-0.25, -0.2) is 0 Å². The SMILES string of the molecule is N#C[C@@H]1C[C@@H]2CC2N1C(=O)[C@@H](N)CN1C[C@@H]2C[C@H]1C(=O)N2c1cc(C(F)(F)F)cc(C(F)(F)F)c1. The number of hydrogen-bond acceptors (Lipinski definition) is 5.